The van der Waals surface area contributed by atoms with Crippen molar-refractivity contribution in [2.24, 2.45) is 0 Å². The van der Waals surface area contributed by atoms with E-state index in [9.17, 15) is 18.8 Å². The van der Waals surface area contributed by atoms with Crippen LogP contribution >= 0.6 is 0 Å². The summed E-state index contributed by atoms with van der Waals surface area (Å²) in [6.07, 6.45) is 0.843. The molecule has 1 aliphatic rings. The highest BCUT2D eigenvalue weighted by Crippen LogP contribution is 2.32. The minimum atomic E-state index is -0.586. The molecule has 6 nitrogen and oxygen atoms in total. The molecule has 0 aliphatic carbocycles. The van der Waals surface area contributed by atoms with Crippen molar-refractivity contribution in [1.82, 2.24) is 4.90 Å². The molecule has 28 heavy (non-hydrogen) atoms. The van der Waals surface area contributed by atoms with Crippen molar-refractivity contribution in [3.8, 4) is 0 Å². The van der Waals surface area contributed by atoms with Gasteiger partial charge in [0, 0.05) is 26.1 Å². The molecule has 1 heterocycles. The molecule has 1 aliphatic heterocycles. The number of fused-ring (bicyclic) bond motifs is 1. The van der Waals surface area contributed by atoms with E-state index >= 15 is 0 Å². The molecule has 1 atom stereocenters. The van der Waals surface area contributed by atoms with Crippen LogP contribution in [0.25, 0.3) is 0 Å². The van der Waals surface area contributed by atoms with Gasteiger partial charge in [0.2, 0.25) is 17.7 Å². The standard InChI is InChI=1S/C21H22FN3O3/c1-13(26)23-19-11-16(7-8-18(19)22)24-21(28)12-20-17-6-4-3-5-15(17)9-10-25(20)14(2)27/h3-8,11,20H,9-10,12H2,1-2H3,(H,23,26)(H,24,28). The Kier molecular flexibility index (Phi) is 5.73. The largest absolute Gasteiger partial charge is 0.335 e. The van der Waals surface area contributed by atoms with Gasteiger partial charge in [-0.25, -0.2) is 4.39 Å². The zero-order valence-electron chi connectivity index (χ0n) is 15.8. The zero-order chi connectivity index (χ0) is 20.3. The molecular formula is C21H22FN3O3. The summed E-state index contributed by atoms with van der Waals surface area (Å²) in [4.78, 5) is 37.6. The zero-order valence-corrected chi connectivity index (χ0v) is 15.8. The molecule has 3 amide bonds. The van der Waals surface area contributed by atoms with E-state index < -0.39 is 11.7 Å². The Labute approximate surface area is 162 Å². The van der Waals surface area contributed by atoms with Crippen molar-refractivity contribution in [2.45, 2.75) is 32.7 Å². The first-order valence-electron chi connectivity index (χ1n) is 9.07. The predicted octanol–water partition coefficient (Wildman–Crippen LogP) is 3.26. The van der Waals surface area contributed by atoms with E-state index in [1.54, 1.807) is 4.90 Å². The molecule has 0 radical (unpaired) electrons. The van der Waals surface area contributed by atoms with Gasteiger partial charge in [-0.3, -0.25) is 14.4 Å². The van der Waals surface area contributed by atoms with Crippen LogP contribution in [0.4, 0.5) is 15.8 Å². The number of nitrogens with one attached hydrogen (secondary N) is 2. The highest BCUT2D eigenvalue weighted by atomic mass is 19.1. The number of amides is 3. The van der Waals surface area contributed by atoms with Gasteiger partial charge in [-0.1, -0.05) is 24.3 Å². The first-order chi connectivity index (χ1) is 13.3. The van der Waals surface area contributed by atoms with Gasteiger partial charge in [0.05, 0.1) is 18.2 Å². The van der Waals surface area contributed by atoms with Crippen molar-refractivity contribution < 1.29 is 18.8 Å². The summed E-state index contributed by atoms with van der Waals surface area (Å²) in [5.74, 6) is -1.37. The molecule has 0 spiro atoms. The lowest BCUT2D eigenvalue weighted by Gasteiger charge is -2.36. The fourth-order valence-corrected chi connectivity index (χ4v) is 3.52. The van der Waals surface area contributed by atoms with Gasteiger partial charge >= 0.3 is 0 Å². The lowest BCUT2D eigenvalue weighted by atomic mass is 9.90. The van der Waals surface area contributed by atoms with Crippen LogP contribution in [0.3, 0.4) is 0 Å². The van der Waals surface area contributed by atoms with Crippen LogP contribution in [0.15, 0.2) is 42.5 Å². The SMILES string of the molecule is CC(=O)Nc1cc(NC(=O)CC2c3ccccc3CCN2C(C)=O)ccc1F. The molecule has 0 aromatic heterocycles. The van der Waals surface area contributed by atoms with Crippen molar-refractivity contribution in [3.63, 3.8) is 0 Å². The van der Waals surface area contributed by atoms with Crippen LogP contribution in [-0.4, -0.2) is 29.2 Å². The number of anilines is 2. The third-order valence-electron chi connectivity index (χ3n) is 4.76. The fourth-order valence-electron chi connectivity index (χ4n) is 3.52. The summed E-state index contributed by atoms with van der Waals surface area (Å²) in [5, 5.41) is 5.11. The summed E-state index contributed by atoms with van der Waals surface area (Å²) in [6.45, 7) is 3.34. The molecule has 3 rings (SSSR count). The summed E-state index contributed by atoms with van der Waals surface area (Å²) in [5.41, 5.74) is 2.47. The molecule has 2 aromatic carbocycles. The Balaban J connectivity index is 1.78. The van der Waals surface area contributed by atoms with Crippen LogP contribution in [-0.2, 0) is 20.8 Å². The maximum atomic E-state index is 13.8. The van der Waals surface area contributed by atoms with Gasteiger partial charge < -0.3 is 15.5 Å². The Morgan fingerprint density at radius 3 is 2.57 bits per heavy atom. The molecule has 0 saturated heterocycles. The minimum Gasteiger partial charge on any atom is -0.335 e. The maximum Gasteiger partial charge on any atom is 0.226 e. The van der Waals surface area contributed by atoms with Gasteiger partial charge in [-0.15, -0.1) is 0 Å². The normalized spacial score (nSPS) is 15.5. The van der Waals surface area contributed by atoms with Gasteiger partial charge in [0.25, 0.3) is 0 Å². The Hall–Kier alpha value is -3.22. The fraction of sp³-hybridized carbons (Fsp3) is 0.286. The van der Waals surface area contributed by atoms with E-state index in [4.69, 9.17) is 0 Å². The average Bonchev–Trinajstić information content (AvgIpc) is 2.64. The van der Waals surface area contributed by atoms with Crippen LogP contribution in [0.2, 0.25) is 0 Å². The van der Waals surface area contributed by atoms with Crippen molar-refractivity contribution in [3.05, 3.63) is 59.4 Å². The predicted molar refractivity (Wildman–Crippen MR) is 104 cm³/mol. The van der Waals surface area contributed by atoms with E-state index in [1.165, 1.54) is 32.0 Å². The lowest BCUT2D eigenvalue weighted by molar-refractivity contribution is -0.132. The van der Waals surface area contributed by atoms with E-state index in [1.807, 2.05) is 24.3 Å². The van der Waals surface area contributed by atoms with Crippen LogP contribution in [0.5, 0.6) is 0 Å². The highest BCUT2D eigenvalue weighted by molar-refractivity contribution is 5.94. The van der Waals surface area contributed by atoms with Gasteiger partial charge in [0.15, 0.2) is 0 Å². The van der Waals surface area contributed by atoms with Gasteiger partial charge in [-0.2, -0.15) is 0 Å². The van der Waals surface area contributed by atoms with E-state index in [0.29, 0.717) is 12.2 Å². The molecule has 2 N–H and O–H groups in total. The summed E-state index contributed by atoms with van der Waals surface area (Å²) < 4.78 is 13.8. The first-order valence-corrected chi connectivity index (χ1v) is 9.07. The number of halogens is 1. The minimum absolute atomic E-state index is 0.00123. The number of carbonyl (C=O) groups is 3. The molecule has 7 heteroatoms. The van der Waals surface area contributed by atoms with Crippen LogP contribution in [0, 0.1) is 5.82 Å². The quantitative estimate of drug-likeness (QED) is 0.851. The molecule has 0 bridgehead atoms. The molecule has 2 aromatic rings. The highest BCUT2D eigenvalue weighted by Gasteiger charge is 2.30. The number of rotatable bonds is 4. The first kappa shape index (κ1) is 19.5. The maximum absolute atomic E-state index is 13.8. The molecule has 0 fully saturated rings. The van der Waals surface area contributed by atoms with E-state index in [-0.39, 0.29) is 30.0 Å². The van der Waals surface area contributed by atoms with Crippen LogP contribution in [0.1, 0.15) is 37.4 Å². The summed E-state index contributed by atoms with van der Waals surface area (Å²) in [7, 11) is 0. The number of hydrogen-bond donors (Lipinski definition) is 2. The topological polar surface area (TPSA) is 78.5 Å². The van der Waals surface area contributed by atoms with E-state index in [0.717, 1.165) is 17.5 Å². The Bertz CT molecular complexity index is 929. The molecule has 1 unspecified atom stereocenters. The third-order valence-corrected chi connectivity index (χ3v) is 4.76. The van der Waals surface area contributed by atoms with Crippen molar-refractivity contribution in [1.29, 1.82) is 0 Å². The Morgan fingerprint density at radius 2 is 1.86 bits per heavy atom. The molecule has 146 valence electrons. The molecular weight excluding hydrogens is 361 g/mol. The van der Waals surface area contributed by atoms with Crippen LogP contribution < -0.4 is 10.6 Å². The van der Waals surface area contributed by atoms with Crippen molar-refractivity contribution >= 4 is 29.1 Å². The number of nitrogens with zero attached hydrogens (tertiary/aromatic N) is 1. The second-order valence-corrected chi connectivity index (χ2v) is 6.81. The average molecular weight is 383 g/mol. The van der Waals surface area contributed by atoms with Crippen molar-refractivity contribution in [2.75, 3.05) is 17.2 Å². The monoisotopic (exact) mass is 383 g/mol. The molecule has 0 saturated carbocycles. The smallest absolute Gasteiger partial charge is 0.226 e. The summed E-state index contributed by atoms with van der Waals surface area (Å²) in [6, 6.07) is 11.4. The lowest BCUT2D eigenvalue weighted by Crippen LogP contribution is -2.40. The van der Waals surface area contributed by atoms with E-state index in [2.05, 4.69) is 10.6 Å². The second-order valence-electron chi connectivity index (χ2n) is 6.81. The number of hydrogen-bond acceptors (Lipinski definition) is 3. The second kappa shape index (κ2) is 8.21. The Morgan fingerprint density at radius 1 is 1.11 bits per heavy atom. The third kappa shape index (κ3) is 4.36. The number of benzene rings is 2. The van der Waals surface area contributed by atoms with Gasteiger partial charge in [-0.05, 0) is 35.7 Å². The summed E-state index contributed by atoms with van der Waals surface area (Å²) >= 11 is 0. The number of carbonyl (C=O) groups excluding carboxylic acids is 3. The van der Waals surface area contributed by atoms with Gasteiger partial charge in [0.1, 0.15) is 5.82 Å².